The number of rotatable bonds is 6. The van der Waals surface area contributed by atoms with Crippen molar-refractivity contribution in [2.75, 3.05) is 11.6 Å². The third-order valence-corrected chi connectivity index (χ3v) is 5.32. The van der Waals surface area contributed by atoms with Crippen LogP contribution in [0.1, 0.15) is 23.7 Å². The number of H-pyrrole nitrogens is 1. The molecule has 1 aromatic heterocycles. The van der Waals surface area contributed by atoms with Crippen molar-refractivity contribution < 1.29 is 13.2 Å². The maximum Gasteiger partial charge on any atom is 0.243 e. The summed E-state index contributed by atoms with van der Waals surface area (Å²) in [5.41, 5.74) is 3.39. The van der Waals surface area contributed by atoms with Crippen LogP contribution < -0.4 is 5.32 Å². The quantitative estimate of drug-likeness (QED) is 0.843. The van der Waals surface area contributed by atoms with Gasteiger partial charge in [-0.15, -0.1) is 0 Å². The fourth-order valence-corrected chi connectivity index (χ4v) is 2.58. The average molecular weight is 335 g/mol. The maximum atomic E-state index is 11.8. The third kappa shape index (κ3) is 4.66. The lowest BCUT2D eigenvalue weighted by Crippen LogP contribution is -2.31. The van der Waals surface area contributed by atoms with Crippen LogP contribution in [0.5, 0.6) is 0 Å². The Balaban J connectivity index is 1.96. The van der Waals surface area contributed by atoms with E-state index in [1.807, 2.05) is 12.1 Å². The van der Waals surface area contributed by atoms with Gasteiger partial charge in [-0.25, -0.2) is 8.42 Å². The van der Waals surface area contributed by atoms with Gasteiger partial charge in [0, 0.05) is 18.0 Å². The number of benzene rings is 1. The van der Waals surface area contributed by atoms with Crippen LogP contribution in [-0.4, -0.2) is 36.0 Å². The standard InChI is InChI=1S/C16H21N3O3S/c1-11-6-4-5-7-13(11)8-9-14-10-15(19-18-14)17-16(20)12(2)23(3,21)22/h4-7,10,12H,8-9H2,1-3H3,(H2,17,18,19,20). The van der Waals surface area contributed by atoms with E-state index in [0.717, 1.165) is 24.8 Å². The molecule has 2 N–H and O–H groups in total. The van der Waals surface area contributed by atoms with E-state index < -0.39 is 21.0 Å². The van der Waals surface area contributed by atoms with Crippen molar-refractivity contribution in [3.8, 4) is 0 Å². The minimum atomic E-state index is -3.42. The van der Waals surface area contributed by atoms with E-state index in [4.69, 9.17) is 0 Å². The molecular formula is C16H21N3O3S. The van der Waals surface area contributed by atoms with Crippen molar-refractivity contribution in [2.45, 2.75) is 31.9 Å². The van der Waals surface area contributed by atoms with E-state index in [0.29, 0.717) is 5.82 Å². The van der Waals surface area contributed by atoms with Gasteiger partial charge < -0.3 is 5.32 Å². The van der Waals surface area contributed by atoms with Crippen LogP contribution in [0.25, 0.3) is 0 Å². The lowest BCUT2D eigenvalue weighted by atomic mass is 10.0. The van der Waals surface area contributed by atoms with Crippen LogP contribution in [0.2, 0.25) is 0 Å². The second-order valence-electron chi connectivity index (χ2n) is 5.67. The van der Waals surface area contributed by atoms with Crippen LogP contribution in [0.15, 0.2) is 30.3 Å². The largest absolute Gasteiger partial charge is 0.308 e. The van der Waals surface area contributed by atoms with Gasteiger partial charge in [0.2, 0.25) is 5.91 Å². The van der Waals surface area contributed by atoms with E-state index in [1.54, 1.807) is 6.07 Å². The summed E-state index contributed by atoms with van der Waals surface area (Å²) in [4.78, 5) is 11.8. The molecular weight excluding hydrogens is 314 g/mol. The molecule has 0 aliphatic rings. The first-order valence-corrected chi connectivity index (χ1v) is 9.31. The van der Waals surface area contributed by atoms with Crippen LogP contribution in [-0.2, 0) is 27.5 Å². The van der Waals surface area contributed by atoms with Gasteiger partial charge in [0.15, 0.2) is 15.7 Å². The molecule has 0 bridgehead atoms. The number of sulfone groups is 1. The first-order chi connectivity index (χ1) is 10.8. The minimum Gasteiger partial charge on any atom is -0.308 e. The van der Waals surface area contributed by atoms with E-state index in [1.165, 1.54) is 18.1 Å². The van der Waals surface area contributed by atoms with Gasteiger partial charge >= 0.3 is 0 Å². The molecule has 1 aromatic carbocycles. The smallest absolute Gasteiger partial charge is 0.243 e. The fourth-order valence-electron chi connectivity index (χ4n) is 2.14. The minimum absolute atomic E-state index is 0.338. The Labute approximate surface area is 136 Å². The summed E-state index contributed by atoms with van der Waals surface area (Å²) in [5, 5.41) is 8.28. The van der Waals surface area contributed by atoms with Gasteiger partial charge in [-0.05, 0) is 37.8 Å². The Hall–Kier alpha value is -2.15. The number of aromatic nitrogens is 2. The van der Waals surface area contributed by atoms with Gasteiger partial charge in [-0.2, -0.15) is 5.10 Å². The number of aryl methyl sites for hydroxylation is 3. The molecule has 0 aliphatic heterocycles. The van der Waals surface area contributed by atoms with Gasteiger partial charge in [0.05, 0.1) is 0 Å². The van der Waals surface area contributed by atoms with Gasteiger partial charge in [-0.1, -0.05) is 24.3 Å². The molecule has 0 saturated carbocycles. The third-order valence-electron chi connectivity index (χ3n) is 3.82. The molecule has 1 amide bonds. The second kappa shape index (κ2) is 6.95. The highest BCUT2D eigenvalue weighted by molar-refractivity contribution is 7.92. The number of hydrogen-bond acceptors (Lipinski definition) is 4. The molecule has 6 nitrogen and oxygen atoms in total. The molecule has 2 aromatic rings. The fraction of sp³-hybridized carbons (Fsp3) is 0.375. The Morgan fingerprint density at radius 2 is 2.00 bits per heavy atom. The molecule has 2 rings (SSSR count). The topological polar surface area (TPSA) is 91.9 Å². The van der Waals surface area contributed by atoms with Crippen molar-refractivity contribution in [2.24, 2.45) is 0 Å². The van der Waals surface area contributed by atoms with E-state index in [9.17, 15) is 13.2 Å². The number of nitrogens with zero attached hydrogens (tertiary/aromatic N) is 1. The molecule has 0 saturated heterocycles. The van der Waals surface area contributed by atoms with Crippen molar-refractivity contribution in [3.63, 3.8) is 0 Å². The number of carbonyl (C=O) groups excluding carboxylic acids is 1. The van der Waals surface area contributed by atoms with Crippen LogP contribution in [0.3, 0.4) is 0 Å². The molecule has 1 atom stereocenters. The summed E-state index contributed by atoms with van der Waals surface area (Å²) in [6.07, 6.45) is 2.66. The van der Waals surface area contributed by atoms with Gasteiger partial charge in [0.1, 0.15) is 5.25 Å². The Bertz CT molecular complexity index is 796. The Kier molecular flexibility index (Phi) is 5.20. The van der Waals surface area contributed by atoms with Gasteiger partial charge in [-0.3, -0.25) is 9.89 Å². The summed E-state index contributed by atoms with van der Waals surface area (Å²) in [6, 6.07) is 9.90. The molecule has 0 radical (unpaired) electrons. The van der Waals surface area contributed by atoms with Crippen molar-refractivity contribution in [3.05, 3.63) is 47.2 Å². The normalized spacial score (nSPS) is 12.8. The Morgan fingerprint density at radius 3 is 2.65 bits per heavy atom. The van der Waals surface area contributed by atoms with E-state index >= 15 is 0 Å². The number of anilines is 1. The summed E-state index contributed by atoms with van der Waals surface area (Å²) < 4.78 is 22.7. The Morgan fingerprint density at radius 1 is 1.30 bits per heavy atom. The summed E-state index contributed by atoms with van der Waals surface area (Å²) in [7, 11) is -3.42. The highest BCUT2D eigenvalue weighted by atomic mass is 32.2. The SMILES string of the molecule is Cc1ccccc1CCc1cc(NC(=O)C(C)S(C)(=O)=O)n[nH]1. The number of carbonyl (C=O) groups is 1. The predicted molar refractivity (Wildman–Crippen MR) is 90.1 cm³/mol. The van der Waals surface area contributed by atoms with Crippen molar-refractivity contribution >= 4 is 21.6 Å². The molecule has 23 heavy (non-hydrogen) atoms. The summed E-state index contributed by atoms with van der Waals surface area (Å²) in [6.45, 7) is 3.43. The zero-order valence-electron chi connectivity index (χ0n) is 13.5. The molecule has 1 heterocycles. The van der Waals surface area contributed by atoms with Crippen LogP contribution in [0.4, 0.5) is 5.82 Å². The van der Waals surface area contributed by atoms with Crippen molar-refractivity contribution in [1.82, 2.24) is 10.2 Å². The number of nitrogens with one attached hydrogen (secondary N) is 2. The molecule has 124 valence electrons. The monoisotopic (exact) mass is 335 g/mol. The molecule has 0 spiro atoms. The van der Waals surface area contributed by atoms with E-state index in [2.05, 4.69) is 34.6 Å². The zero-order chi connectivity index (χ0) is 17.0. The zero-order valence-corrected chi connectivity index (χ0v) is 14.3. The lowest BCUT2D eigenvalue weighted by Gasteiger charge is -2.07. The highest BCUT2D eigenvalue weighted by Gasteiger charge is 2.24. The van der Waals surface area contributed by atoms with Crippen molar-refractivity contribution in [1.29, 1.82) is 0 Å². The first kappa shape index (κ1) is 17.2. The van der Waals surface area contributed by atoms with E-state index in [-0.39, 0.29) is 0 Å². The average Bonchev–Trinajstić information content (AvgIpc) is 2.92. The second-order valence-corrected chi connectivity index (χ2v) is 8.03. The van der Waals surface area contributed by atoms with Crippen LogP contribution in [0, 0.1) is 6.92 Å². The summed E-state index contributed by atoms with van der Waals surface area (Å²) in [5.74, 6) is -0.241. The number of amides is 1. The maximum absolute atomic E-state index is 11.8. The summed E-state index contributed by atoms with van der Waals surface area (Å²) >= 11 is 0. The number of aromatic amines is 1. The number of hydrogen-bond donors (Lipinski definition) is 2. The lowest BCUT2D eigenvalue weighted by molar-refractivity contribution is -0.115. The molecule has 1 unspecified atom stereocenters. The predicted octanol–water partition coefficient (Wildman–Crippen LogP) is 1.87. The first-order valence-electron chi connectivity index (χ1n) is 7.36. The molecule has 0 aliphatic carbocycles. The van der Waals surface area contributed by atoms with Gasteiger partial charge in [0.25, 0.3) is 0 Å². The molecule has 0 fully saturated rings. The molecule has 7 heteroatoms. The highest BCUT2D eigenvalue weighted by Crippen LogP contribution is 2.13. The van der Waals surface area contributed by atoms with Crippen LogP contribution >= 0.6 is 0 Å².